The van der Waals surface area contributed by atoms with Crippen molar-refractivity contribution in [1.82, 2.24) is 0 Å². The third-order valence-electron chi connectivity index (χ3n) is 11.4. The van der Waals surface area contributed by atoms with Gasteiger partial charge in [-0.15, -0.1) is 0 Å². The Labute approximate surface area is 310 Å². The fourth-order valence-corrected chi connectivity index (χ4v) is 9.04. The number of fused-ring (bicyclic) bond motifs is 12. The second-order valence-electron chi connectivity index (χ2n) is 14.3. The van der Waals surface area contributed by atoms with Gasteiger partial charge in [-0.2, -0.15) is 0 Å². The Bertz CT molecular complexity index is 3450. The molecule has 12 rings (SSSR count). The molecule has 0 fully saturated rings. The maximum Gasteiger partial charge on any atom is 0.147 e. The van der Waals surface area contributed by atoms with Gasteiger partial charge in [-0.1, -0.05) is 146 Å². The Morgan fingerprint density at radius 1 is 0.278 bits per heavy atom. The Morgan fingerprint density at radius 3 is 1.61 bits per heavy atom. The van der Waals surface area contributed by atoms with Crippen molar-refractivity contribution < 1.29 is 8.83 Å². The summed E-state index contributed by atoms with van der Waals surface area (Å²) in [5.74, 6) is 0. The monoisotopic (exact) mass is 686 g/mol. The van der Waals surface area contributed by atoms with E-state index >= 15 is 0 Å². The molecule has 0 radical (unpaired) electrons. The fourth-order valence-electron chi connectivity index (χ4n) is 9.04. The van der Waals surface area contributed by atoms with Crippen LogP contribution in [0.3, 0.4) is 0 Å². The Hall–Kier alpha value is -7.16. The van der Waals surface area contributed by atoms with Crippen molar-refractivity contribution >= 4 is 87.0 Å². The molecule has 0 unspecified atom stereocenters. The zero-order valence-corrected chi connectivity index (χ0v) is 29.1. The Morgan fingerprint density at radius 2 is 0.870 bits per heavy atom. The topological polar surface area (TPSA) is 26.3 Å². The van der Waals surface area contributed by atoms with Gasteiger partial charge in [-0.25, -0.2) is 0 Å². The molecule has 250 valence electrons. The van der Waals surface area contributed by atoms with E-state index in [0.29, 0.717) is 0 Å². The first kappa shape index (κ1) is 29.4. The first-order valence-corrected chi connectivity index (χ1v) is 18.5. The molecule has 2 aromatic heterocycles. The van der Waals surface area contributed by atoms with E-state index in [1.165, 1.54) is 65.3 Å². The molecule has 12 aromatic rings. The summed E-state index contributed by atoms with van der Waals surface area (Å²) in [4.78, 5) is 0. The maximum absolute atomic E-state index is 7.05. The smallest absolute Gasteiger partial charge is 0.147 e. The number of benzene rings is 10. The molecule has 2 heterocycles. The minimum Gasteiger partial charge on any atom is -0.456 e. The molecule has 0 amide bonds. The molecule has 0 spiro atoms. The van der Waals surface area contributed by atoms with Crippen LogP contribution < -0.4 is 0 Å². The van der Waals surface area contributed by atoms with E-state index in [-0.39, 0.29) is 0 Å². The third-order valence-corrected chi connectivity index (χ3v) is 11.4. The van der Waals surface area contributed by atoms with Crippen molar-refractivity contribution in [2.24, 2.45) is 0 Å². The summed E-state index contributed by atoms with van der Waals surface area (Å²) in [7, 11) is 0. The molecule has 0 saturated carbocycles. The van der Waals surface area contributed by atoms with Crippen molar-refractivity contribution in [3.05, 3.63) is 182 Å². The van der Waals surface area contributed by atoms with Gasteiger partial charge in [-0.05, 0) is 107 Å². The van der Waals surface area contributed by atoms with Crippen LogP contribution in [-0.4, -0.2) is 0 Å². The van der Waals surface area contributed by atoms with Gasteiger partial charge in [0, 0.05) is 21.7 Å². The highest BCUT2D eigenvalue weighted by molar-refractivity contribution is 6.29. The van der Waals surface area contributed by atoms with E-state index < -0.39 is 0 Å². The van der Waals surface area contributed by atoms with Gasteiger partial charge < -0.3 is 8.83 Å². The first-order chi connectivity index (χ1) is 26.8. The molecule has 0 saturated heterocycles. The van der Waals surface area contributed by atoms with Crippen molar-refractivity contribution in [2.75, 3.05) is 0 Å². The molecule has 10 aromatic carbocycles. The lowest BCUT2D eigenvalue weighted by molar-refractivity contribution is 0.663. The second-order valence-corrected chi connectivity index (χ2v) is 14.3. The van der Waals surface area contributed by atoms with Crippen molar-refractivity contribution in [1.29, 1.82) is 0 Å². The quantitative estimate of drug-likeness (QED) is 0.173. The summed E-state index contributed by atoms with van der Waals surface area (Å²) in [6, 6.07) is 65.7. The van der Waals surface area contributed by atoms with E-state index in [0.717, 1.165) is 55.0 Å². The van der Waals surface area contributed by atoms with Crippen LogP contribution in [0.15, 0.2) is 191 Å². The lowest BCUT2D eigenvalue weighted by Gasteiger charge is -2.18. The molecule has 0 N–H and O–H groups in total. The molecule has 0 bridgehead atoms. The fraction of sp³-hybridized carbons (Fsp3) is 0. The normalized spacial score (nSPS) is 12.1. The van der Waals surface area contributed by atoms with Crippen LogP contribution in [-0.2, 0) is 0 Å². The average molecular weight is 687 g/mol. The van der Waals surface area contributed by atoms with Crippen molar-refractivity contribution in [2.45, 2.75) is 0 Å². The Balaban J connectivity index is 1.13. The molecule has 0 aliphatic carbocycles. The highest BCUT2D eigenvalue weighted by atomic mass is 16.3. The van der Waals surface area contributed by atoms with Gasteiger partial charge in [0.05, 0.1) is 5.39 Å². The van der Waals surface area contributed by atoms with E-state index in [4.69, 9.17) is 8.83 Å². The highest BCUT2D eigenvalue weighted by Gasteiger charge is 2.22. The number of hydrogen-bond acceptors (Lipinski definition) is 2. The number of furan rings is 2. The van der Waals surface area contributed by atoms with E-state index in [1.807, 2.05) is 12.1 Å². The number of hydrogen-bond donors (Lipinski definition) is 0. The van der Waals surface area contributed by atoms with Gasteiger partial charge in [0.1, 0.15) is 22.3 Å². The van der Waals surface area contributed by atoms with E-state index in [1.54, 1.807) is 0 Å². The molecule has 0 aliphatic rings. The molecule has 54 heavy (non-hydrogen) atoms. The van der Waals surface area contributed by atoms with Crippen LogP contribution in [0.25, 0.3) is 120 Å². The SMILES string of the molecule is c1cc(-c2c3ccccc3c(-c3ccc4ccccc4c3)c3ccccc23)cc(-c2cc3ccccc3c3c2oc2c3ccc3oc4ccccc4c32)c1. The highest BCUT2D eigenvalue weighted by Crippen LogP contribution is 2.47. The summed E-state index contributed by atoms with van der Waals surface area (Å²) in [5.41, 5.74) is 10.5. The van der Waals surface area contributed by atoms with Gasteiger partial charge in [-0.3, -0.25) is 0 Å². The third kappa shape index (κ3) is 4.17. The summed E-state index contributed by atoms with van der Waals surface area (Å²) in [6.45, 7) is 0. The van der Waals surface area contributed by atoms with Crippen LogP contribution in [0.2, 0.25) is 0 Å². The molecule has 0 aliphatic heterocycles. The molecule has 0 atom stereocenters. The van der Waals surface area contributed by atoms with Crippen molar-refractivity contribution in [3.8, 4) is 33.4 Å². The maximum atomic E-state index is 7.05. The number of rotatable bonds is 3. The Kier molecular flexibility index (Phi) is 6.09. The minimum atomic E-state index is 0.835. The zero-order valence-electron chi connectivity index (χ0n) is 29.1. The zero-order chi connectivity index (χ0) is 35.3. The van der Waals surface area contributed by atoms with Crippen LogP contribution in [0, 0.1) is 0 Å². The molecule has 2 heteroatoms. The predicted octanol–water partition coefficient (Wildman–Crippen LogP) is 15.1. The van der Waals surface area contributed by atoms with Gasteiger partial charge in [0.25, 0.3) is 0 Å². The standard InChI is InChI=1S/C52H30O2/c1-2-13-32-28-36(25-24-31(32)12-1)48-40-20-7-5-18-38(40)47(39-19-6-8-21-41(39)48)35-16-11-15-33(29-35)44-30-34-14-3-4-17-37(34)49-43-26-27-46-50(51(43)54-52(44)49)42-22-9-10-23-45(42)53-46/h1-30H. The summed E-state index contributed by atoms with van der Waals surface area (Å²) in [5, 5.41) is 14.1. The van der Waals surface area contributed by atoms with Gasteiger partial charge in [0.2, 0.25) is 0 Å². The largest absolute Gasteiger partial charge is 0.456 e. The molecular weight excluding hydrogens is 657 g/mol. The predicted molar refractivity (Wildman–Crippen MR) is 227 cm³/mol. The minimum absolute atomic E-state index is 0.835. The summed E-state index contributed by atoms with van der Waals surface area (Å²) in [6.07, 6.45) is 0. The molecule has 2 nitrogen and oxygen atoms in total. The van der Waals surface area contributed by atoms with Gasteiger partial charge >= 0.3 is 0 Å². The van der Waals surface area contributed by atoms with E-state index in [2.05, 4.69) is 170 Å². The van der Waals surface area contributed by atoms with Gasteiger partial charge in [0.15, 0.2) is 0 Å². The van der Waals surface area contributed by atoms with Crippen LogP contribution in [0.4, 0.5) is 0 Å². The lowest BCUT2D eigenvalue weighted by Crippen LogP contribution is -1.91. The molecular formula is C52H30O2. The second kappa shape index (κ2) is 11.2. The average Bonchev–Trinajstić information content (AvgIpc) is 3.81. The van der Waals surface area contributed by atoms with Crippen LogP contribution >= 0.6 is 0 Å². The van der Waals surface area contributed by atoms with Crippen LogP contribution in [0.1, 0.15) is 0 Å². The number of para-hydroxylation sites is 1. The first-order valence-electron chi connectivity index (χ1n) is 18.5. The lowest BCUT2D eigenvalue weighted by atomic mass is 9.85. The summed E-state index contributed by atoms with van der Waals surface area (Å²) < 4.78 is 13.3. The van der Waals surface area contributed by atoms with E-state index in [9.17, 15) is 0 Å². The van der Waals surface area contributed by atoms with Crippen molar-refractivity contribution in [3.63, 3.8) is 0 Å². The van der Waals surface area contributed by atoms with Crippen LogP contribution in [0.5, 0.6) is 0 Å². The summed E-state index contributed by atoms with van der Waals surface area (Å²) >= 11 is 0.